The van der Waals surface area contributed by atoms with Crippen LogP contribution in [0.5, 0.6) is 0 Å². The number of hydrogen-bond acceptors (Lipinski definition) is 21. The molecule has 0 N–H and O–H groups in total. The number of imidazole rings is 2. The van der Waals surface area contributed by atoms with Gasteiger partial charge in [-0.2, -0.15) is 0 Å². The van der Waals surface area contributed by atoms with Crippen molar-refractivity contribution in [2.45, 2.75) is 154 Å². The van der Waals surface area contributed by atoms with E-state index in [0.717, 1.165) is 258 Å². The number of benzene rings is 11. The predicted molar refractivity (Wildman–Crippen MR) is 555 cm³/mol. The van der Waals surface area contributed by atoms with Crippen molar-refractivity contribution in [2.24, 2.45) is 12.0 Å². The van der Waals surface area contributed by atoms with Gasteiger partial charge in [0.2, 0.25) is 0 Å². The van der Waals surface area contributed by atoms with Crippen molar-refractivity contribution >= 4 is 122 Å². The number of hydrogen-bond donors (Lipinski definition) is 0. The number of oxazole rings is 1. The number of fused-ring (bicyclic) bond motifs is 10. The Kier molecular flexibility index (Phi) is 28.8. The lowest BCUT2D eigenvalue weighted by atomic mass is 9.87. The van der Waals surface area contributed by atoms with Crippen LogP contribution >= 0.6 is 22.7 Å². The van der Waals surface area contributed by atoms with Crippen LogP contribution in [0.25, 0.3) is 110 Å². The number of aliphatic imine (C=N–C) groups is 1. The van der Waals surface area contributed by atoms with E-state index in [2.05, 4.69) is 161 Å². The summed E-state index contributed by atoms with van der Waals surface area (Å²) >= 11 is 3.47. The highest BCUT2D eigenvalue weighted by Gasteiger charge is 2.24. The molecule has 3 aliphatic rings. The van der Waals surface area contributed by atoms with Gasteiger partial charge in [0.05, 0.1) is 149 Å². The molecule has 0 amide bonds. The first-order chi connectivity index (χ1) is 68.1. The number of aromatic nitrogens is 19. The fourth-order valence-corrected chi connectivity index (χ4v) is 19.7. The molecule has 11 aromatic heterocycles. The molecule has 138 heavy (non-hydrogen) atoms. The van der Waals surface area contributed by atoms with Crippen LogP contribution in [0.15, 0.2) is 331 Å². The third-order valence-corrected chi connectivity index (χ3v) is 27.2. The van der Waals surface area contributed by atoms with Crippen LogP contribution in [-0.4, -0.2) is 99.6 Å². The van der Waals surface area contributed by atoms with Crippen molar-refractivity contribution in [1.29, 1.82) is 0 Å². The fraction of sp³-hybridized carbons (Fsp3) is 0.217. The summed E-state index contributed by atoms with van der Waals surface area (Å²) in [6.07, 6.45) is 33.3. The van der Waals surface area contributed by atoms with Crippen molar-refractivity contribution in [3.05, 3.63) is 406 Å². The molecule has 25 rings (SSSR count). The fourth-order valence-electron chi connectivity index (χ4n) is 17.9. The lowest BCUT2D eigenvalue weighted by molar-refractivity contribution is 0.437. The van der Waals surface area contributed by atoms with Gasteiger partial charge in [0.15, 0.2) is 11.5 Å². The van der Waals surface area contributed by atoms with Gasteiger partial charge in [-0.05, 0) is 193 Å². The van der Waals surface area contributed by atoms with Crippen LogP contribution in [0, 0.1) is 6.92 Å². The highest BCUT2D eigenvalue weighted by atomic mass is 32.1. The molecule has 1 saturated carbocycles. The van der Waals surface area contributed by atoms with Gasteiger partial charge in [-0.3, -0.25) is 29.9 Å². The van der Waals surface area contributed by atoms with E-state index >= 15 is 0 Å². The maximum Gasteiger partial charge on any atom is 0.195 e. The molecule has 0 atom stereocenters. The predicted octanol–water partition coefficient (Wildman–Crippen LogP) is 25.1. The van der Waals surface area contributed by atoms with E-state index in [0.29, 0.717) is 5.92 Å². The number of thiazole rings is 2. The Labute approximate surface area is 809 Å². The zero-order chi connectivity index (χ0) is 93.0. The van der Waals surface area contributed by atoms with E-state index in [1.165, 1.54) is 89.3 Å². The van der Waals surface area contributed by atoms with Crippen molar-refractivity contribution in [3.63, 3.8) is 0 Å². The van der Waals surface area contributed by atoms with Gasteiger partial charge in [0.1, 0.15) is 17.2 Å². The van der Waals surface area contributed by atoms with Crippen molar-refractivity contribution in [2.75, 3.05) is 0 Å². The Hall–Kier alpha value is -15.5. The molecule has 1 aliphatic carbocycles. The Morgan fingerprint density at radius 1 is 0.355 bits per heavy atom. The molecule has 0 unspecified atom stereocenters. The molecule has 682 valence electrons. The summed E-state index contributed by atoms with van der Waals surface area (Å²) < 4.78 is 11.6. The van der Waals surface area contributed by atoms with Gasteiger partial charge in [-0.1, -0.05) is 195 Å². The van der Waals surface area contributed by atoms with Crippen LogP contribution in [0.4, 0.5) is 5.69 Å². The second-order valence-electron chi connectivity index (χ2n) is 34.9. The second kappa shape index (κ2) is 43.9. The SMILES string of the molecule is Cc1nc2ccccc2nc1CCC1=Nc2ccccc2C1.Cn1cc(C2CCCCC2)nc1CCc1cnc2ccccc2n1.c1ccc(-c2csc(CCc3cnc4ccccc4n3)n2)cc1.c1ccc(-c2nc(CCc3cnc4ccccc4n3)n3c2CCCC3)cc1.c1ccc2nc(CCc3nc4ccccc4o3)cnc2c1.c1ccc2nc(CCc3nc4ccccc4s3)cnc2c1. The first-order valence-electron chi connectivity index (χ1n) is 47.9. The van der Waals surface area contributed by atoms with Crippen molar-refractivity contribution < 1.29 is 4.42 Å². The zero-order valence-electron chi connectivity index (χ0n) is 77.4. The number of nitrogens with zero attached hydrogens (tertiary/aromatic N) is 20. The molecule has 21 nitrogen and oxygen atoms in total. The van der Waals surface area contributed by atoms with Gasteiger partial charge in [0, 0.05) is 123 Å². The van der Waals surface area contributed by atoms with Crippen LogP contribution in [0.2, 0.25) is 0 Å². The summed E-state index contributed by atoms with van der Waals surface area (Å²) in [6, 6.07) is 93.2. The van der Waals surface area contributed by atoms with Gasteiger partial charge < -0.3 is 13.6 Å². The molecule has 0 saturated heterocycles. The Bertz CT molecular complexity index is 7740. The summed E-state index contributed by atoms with van der Waals surface area (Å²) in [5, 5.41) is 4.42. The average Bonchev–Trinajstić information content (AvgIpc) is 1.62. The zero-order valence-corrected chi connectivity index (χ0v) is 79.0. The van der Waals surface area contributed by atoms with Gasteiger partial charge in [-0.15, -0.1) is 22.7 Å². The monoisotopic (exact) mass is 1840 g/mol. The average molecular weight is 1850 g/mol. The van der Waals surface area contributed by atoms with Gasteiger partial charge in [0.25, 0.3) is 0 Å². The smallest absolute Gasteiger partial charge is 0.195 e. The molecule has 0 bridgehead atoms. The molecule has 11 aromatic carbocycles. The molecular weight excluding hydrogens is 1740 g/mol. The molecule has 22 aromatic rings. The van der Waals surface area contributed by atoms with Crippen LogP contribution in [0.1, 0.15) is 142 Å². The highest BCUT2D eigenvalue weighted by Crippen LogP contribution is 2.35. The van der Waals surface area contributed by atoms with Gasteiger partial charge in [-0.25, -0.2) is 59.8 Å². The van der Waals surface area contributed by atoms with Crippen LogP contribution in [0.3, 0.4) is 0 Å². The van der Waals surface area contributed by atoms with Crippen LogP contribution in [-0.2, 0) is 97.1 Å². The maximum absolute atomic E-state index is 5.72. The Morgan fingerprint density at radius 2 is 0.819 bits per heavy atom. The molecule has 23 heteroatoms. The lowest BCUT2D eigenvalue weighted by Gasteiger charge is -2.19. The third kappa shape index (κ3) is 22.9. The molecule has 2 aliphatic heterocycles. The van der Waals surface area contributed by atoms with Crippen molar-refractivity contribution in [1.82, 2.24) is 93.9 Å². The minimum Gasteiger partial charge on any atom is -0.441 e. The third-order valence-electron chi connectivity index (χ3n) is 25.2. The molecule has 0 radical (unpaired) electrons. The Balaban J connectivity index is 0.000000102. The molecule has 0 spiro atoms. The van der Waals surface area contributed by atoms with E-state index in [1.807, 2.05) is 238 Å². The standard InChI is InChI=1S/C23H22N4.C20H24N4.C19H15N3S.C19H17N3.C17H13N3O.C17H13N3S/c1-2-8-17(9-3-1)23-21-12-6-7-15-27(21)22(26-23)14-13-18-16-24-19-10-4-5-11-20(19)25-18;1-24-14-19(15-7-3-2-4-8-15)23-20(24)12-11-16-13-21-17-9-5-6-10-18(17)22-16;1-2-6-14(7-3-1)18-13-23-19(22-18)11-10-15-12-20-16-8-4-5-9-17(16)21-15;1-13-16(22-19-9-5-4-8-18(19)20-13)11-10-15-12-14-6-2-3-7-17(14)21-15;2*1-2-6-14-13(5-1)18-11-12(19-14)9-10-17-20-15-7-3-4-8-16(15)21-17/h1-5,8-11,16H,6-7,12-15H2;5-6,9-10,13-15H,2-4,7-8,11-12H2,1H3;1-9,12-13H,10-11H2;2-9H,10-12H2,1H3;2*1-8,11H,9-10H2. The summed E-state index contributed by atoms with van der Waals surface area (Å²) in [5.41, 5.74) is 32.4. The second-order valence-corrected chi connectivity index (χ2v) is 37.0. The van der Waals surface area contributed by atoms with E-state index in [-0.39, 0.29) is 0 Å². The van der Waals surface area contributed by atoms with E-state index in [1.54, 1.807) is 22.7 Å². The molecule has 1 fully saturated rings. The van der Waals surface area contributed by atoms with E-state index in [4.69, 9.17) is 39.3 Å². The topological polar surface area (TPSA) is 254 Å². The first kappa shape index (κ1) is 90.4. The summed E-state index contributed by atoms with van der Waals surface area (Å²) in [7, 11) is 2.11. The van der Waals surface area contributed by atoms with E-state index in [9.17, 15) is 0 Å². The normalized spacial score (nSPS) is 12.8. The minimum absolute atomic E-state index is 0.666. The summed E-state index contributed by atoms with van der Waals surface area (Å²) in [5.74, 6) is 3.74. The van der Waals surface area contributed by atoms with Crippen molar-refractivity contribution in [3.8, 4) is 22.5 Å². The molecule has 13 heterocycles. The number of aryl methyl sites for hydroxylation is 13. The Morgan fingerprint density at radius 3 is 1.37 bits per heavy atom. The summed E-state index contributed by atoms with van der Waals surface area (Å²) in [6.45, 7) is 3.12. The number of rotatable bonds is 21. The molecular formula is C115H104N20OS2. The minimum atomic E-state index is 0.666. The number of para-hydroxylation sites is 16. The maximum atomic E-state index is 5.72. The summed E-state index contributed by atoms with van der Waals surface area (Å²) in [4.78, 5) is 83.8. The largest absolute Gasteiger partial charge is 0.441 e. The highest BCUT2D eigenvalue weighted by molar-refractivity contribution is 7.18. The van der Waals surface area contributed by atoms with Gasteiger partial charge >= 0.3 is 0 Å². The lowest BCUT2D eigenvalue weighted by Crippen LogP contribution is -2.13. The quantitative estimate of drug-likeness (QED) is 0.0648. The van der Waals surface area contributed by atoms with Crippen LogP contribution < -0.4 is 0 Å². The van der Waals surface area contributed by atoms with E-state index < -0.39 is 0 Å². The first-order valence-corrected chi connectivity index (χ1v) is 49.6.